The smallest absolute Gasteiger partial charge is 0.326 e. The maximum atomic E-state index is 11.6. The second-order valence-corrected chi connectivity index (χ2v) is 4.32. The minimum Gasteiger partial charge on any atom is -0.480 e. The van der Waals surface area contributed by atoms with Crippen LogP contribution in [0.5, 0.6) is 0 Å². The summed E-state index contributed by atoms with van der Waals surface area (Å²) < 4.78 is 5.37. The molecule has 0 saturated carbocycles. The molecule has 0 aromatic carbocycles. The van der Waals surface area contributed by atoms with Crippen LogP contribution in [0.25, 0.3) is 0 Å². The highest BCUT2D eigenvalue weighted by atomic mass is 16.5. The summed E-state index contributed by atoms with van der Waals surface area (Å²) >= 11 is 0. The van der Waals surface area contributed by atoms with Crippen LogP contribution in [0.1, 0.15) is 32.1 Å². The van der Waals surface area contributed by atoms with E-state index in [2.05, 4.69) is 5.32 Å². The fourth-order valence-corrected chi connectivity index (χ4v) is 1.83. The lowest BCUT2D eigenvalue weighted by molar-refractivity contribution is -0.143. The van der Waals surface area contributed by atoms with Crippen LogP contribution >= 0.6 is 0 Å². The molecular weight excluding hydrogens is 240 g/mol. The first-order chi connectivity index (χ1) is 8.49. The predicted octanol–water partition coefficient (Wildman–Crippen LogP) is -0.610. The van der Waals surface area contributed by atoms with Crippen LogP contribution in [0.3, 0.4) is 0 Å². The number of carbonyl (C=O) groups excluding carboxylic acids is 2. The van der Waals surface area contributed by atoms with E-state index in [1.807, 2.05) is 0 Å². The summed E-state index contributed by atoms with van der Waals surface area (Å²) in [7, 11) is 0. The Kier molecular flexibility index (Phi) is 5.57. The lowest BCUT2D eigenvalue weighted by Gasteiger charge is -2.22. The first-order valence-corrected chi connectivity index (χ1v) is 5.91. The number of carbonyl (C=O) groups is 3. The van der Waals surface area contributed by atoms with Crippen molar-refractivity contribution in [2.75, 3.05) is 6.61 Å². The second-order valence-electron chi connectivity index (χ2n) is 4.32. The highest BCUT2D eigenvalue weighted by molar-refractivity contribution is 5.88. The number of aliphatic carboxylic acids is 1. The van der Waals surface area contributed by atoms with Crippen molar-refractivity contribution >= 4 is 17.8 Å². The number of amides is 2. The largest absolute Gasteiger partial charge is 0.480 e. The summed E-state index contributed by atoms with van der Waals surface area (Å²) in [5.74, 6) is -2.47. The molecule has 0 radical (unpaired) electrons. The Morgan fingerprint density at radius 3 is 2.61 bits per heavy atom. The van der Waals surface area contributed by atoms with Crippen molar-refractivity contribution in [3.8, 4) is 0 Å². The van der Waals surface area contributed by atoms with Crippen molar-refractivity contribution in [2.45, 2.75) is 44.2 Å². The lowest BCUT2D eigenvalue weighted by atomic mass is 10.1. The Morgan fingerprint density at radius 1 is 1.39 bits per heavy atom. The number of rotatable bonds is 6. The Labute approximate surface area is 105 Å². The fraction of sp³-hybridized carbons (Fsp3) is 0.727. The molecule has 1 unspecified atom stereocenters. The van der Waals surface area contributed by atoms with Gasteiger partial charge >= 0.3 is 5.97 Å². The molecule has 2 atom stereocenters. The van der Waals surface area contributed by atoms with E-state index in [1.54, 1.807) is 0 Å². The molecular formula is C11H18N2O5. The Balaban J connectivity index is 2.40. The van der Waals surface area contributed by atoms with Crippen LogP contribution in [0.2, 0.25) is 0 Å². The van der Waals surface area contributed by atoms with E-state index in [0.29, 0.717) is 6.61 Å². The van der Waals surface area contributed by atoms with Crippen molar-refractivity contribution < 1.29 is 24.2 Å². The van der Waals surface area contributed by atoms with Gasteiger partial charge in [0.15, 0.2) is 0 Å². The van der Waals surface area contributed by atoms with Gasteiger partial charge in [0.05, 0.1) is 18.9 Å². The maximum absolute atomic E-state index is 11.6. The number of carboxylic acid groups (broad SMARTS) is 1. The summed E-state index contributed by atoms with van der Waals surface area (Å²) in [6.07, 6.45) is 2.32. The van der Waals surface area contributed by atoms with Gasteiger partial charge in [-0.3, -0.25) is 9.59 Å². The zero-order valence-corrected chi connectivity index (χ0v) is 10.1. The molecule has 1 fully saturated rings. The van der Waals surface area contributed by atoms with Crippen LogP contribution in [-0.4, -0.2) is 41.6 Å². The van der Waals surface area contributed by atoms with Crippen LogP contribution in [0.4, 0.5) is 0 Å². The third-order valence-corrected chi connectivity index (χ3v) is 2.73. The standard InChI is InChI=1S/C11H18N2O5/c12-9(14)6-8(11(16)17)13-10(15)5-7-3-1-2-4-18-7/h7-8H,1-6H2,(H2,12,14)(H,13,15)(H,16,17)/t7?,8-/m0/s1. The molecule has 0 aromatic heterocycles. The fourth-order valence-electron chi connectivity index (χ4n) is 1.83. The maximum Gasteiger partial charge on any atom is 0.326 e. The van der Waals surface area contributed by atoms with E-state index in [9.17, 15) is 14.4 Å². The molecule has 2 amide bonds. The molecule has 18 heavy (non-hydrogen) atoms. The molecule has 7 nitrogen and oxygen atoms in total. The summed E-state index contributed by atoms with van der Waals surface area (Å²) in [5, 5.41) is 11.1. The zero-order chi connectivity index (χ0) is 13.5. The van der Waals surface area contributed by atoms with Gasteiger partial charge in [0.1, 0.15) is 6.04 Å². The molecule has 1 heterocycles. The van der Waals surface area contributed by atoms with Gasteiger partial charge in [-0.05, 0) is 19.3 Å². The van der Waals surface area contributed by atoms with E-state index in [1.165, 1.54) is 0 Å². The highest BCUT2D eigenvalue weighted by Gasteiger charge is 2.24. The molecule has 7 heteroatoms. The van der Waals surface area contributed by atoms with E-state index in [4.69, 9.17) is 15.6 Å². The Morgan fingerprint density at radius 2 is 2.11 bits per heavy atom. The monoisotopic (exact) mass is 258 g/mol. The first kappa shape index (κ1) is 14.4. The van der Waals surface area contributed by atoms with Gasteiger partial charge in [-0.1, -0.05) is 0 Å². The minimum absolute atomic E-state index is 0.114. The number of hydrogen-bond donors (Lipinski definition) is 3. The molecule has 0 aliphatic carbocycles. The molecule has 0 spiro atoms. The molecule has 1 saturated heterocycles. The molecule has 1 aliphatic heterocycles. The van der Waals surface area contributed by atoms with Crippen molar-refractivity contribution in [2.24, 2.45) is 5.73 Å². The van der Waals surface area contributed by atoms with E-state index in [-0.39, 0.29) is 12.5 Å². The Bertz CT molecular complexity index is 325. The van der Waals surface area contributed by atoms with Crippen molar-refractivity contribution in [1.82, 2.24) is 5.32 Å². The molecule has 102 valence electrons. The third kappa shape index (κ3) is 5.13. The second kappa shape index (κ2) is 6.95. The van der Waals surface area contributed by atoms with Gasteiger partial charge in [-0.25, -0.2) is 4.79 Å². The summed E-state index contributed by atoms with van der Waals surface area (Å²) in [6.45, 7) is 0.627. The summed E-state index contributed by atoms with van der Waals surface area (Å²) in [4.78, 5) is 33.1. The van der Waals surface area contributed by atoms with Crippen LogP contribution in [-0.2, 0) is 19.1 Å². The average molecular weight is 258 g/mol. The normalized spacial score (nSPS) is 21.0. The van der Waals surface area contributed by atoms with Gasteiger partial charge in [0.25, 0.3) is 0 Å². The number of ether oxygens (including phenoxy) is 1. The summed E-state index contributed by atoms with van der Waals surface area (Å²) in [5.41, 5.74) is 4.91. The van der Waals surface area contributed by atoms with Gasteiger partial charge in [0, 0.05) is 6.61 Å². The number of nitrogens with two attached hydrogens (primary N) is 1. The topological polar surface area (TPSA) is 119 Å². The summed E-state index contributed by atoms with van der Waals surface area (Å²) in [6, 6.07) is -1.27. The van der Waals surface area contributed by atoms with Crippen LogP contribution in [0, 0.1) is 0 Å². The lowest BCUT2D eigenvalue weighted by Crippen LogP contribution is -2.44. The van der Waals surface area contributed by atoms with Crippen molar-refractivity contribution in [3.05, 3.63) is 0 Å². The molecule has 1 aliphatic rings. The first-order valence-electron chi connectivity index (χ1n) is 5.91. The van der Waals surface area contributed by atoms with E-state index < -0.39 is 30.2 Å². The number of carboxylic acids is 1. The van der Waals surface area contributed by atoms with E-state index in [0.717, 1.165) is 19.3 Å². The molecule has 1 rings (SSSR count). The number of nitrogens with one attached hydrogen (secondary N) is 1. The van der Waals surface area contributed by atoms with Crippen molar-refractivity contribution in [1.29, 1.82) is 0 Å². The minimum atomic E-state index is -1.27. The van der Waals surface area contributed by atoms with Gasteiger partial charge in [-0.2, -0.15) is 0 Å². The van der Waals surface area contributed by atoms with Crippen LogP contribution < -0.4 is 11.1 Å². The predicted molar refractivity (Wildman–Crippen MR) is 61.6 cm³/mol. The van der Waals surface area contributed by atoms with Gasteiger partial charge < -0.3 is 20.9 Å². The molecule has 0 aromatic rings. The molecule has 4 N–H and O–H groups in total. The van der Waals surface area contributed by atoms with E-state index >= 15 is 0 Å². The SMILES string of the molecule is NC(=O)C[C@H](NC(=O)CC1CCCCO1)C(=O)O. The van der Waals surface area contributed by atoms with Crippen molar-refractivity contribution in [3.63, 3.8) is 0 Å². The van der Waals surface area contributed by atoms with Crippen LogP contribution in [0.15, 0.2) is 0 Å². The highest BCUT2D eigenvalue weighted by Crippen LogP contribution is 2.15. The Hall–Kier alpha value is -1.63. The third-order valence-electron chi connectivity index (χ3n) is 2.73. The number of hydrogen-bond acceptors (Lipinski definition) is 4. The zero-order valence-electron chi connectivity index (χ0n) is 10.1. The molecule has 0 bridgehead atoms. The average Bonchev–Trinajstić information content (AvgIpc) is 2.28. The van der Waals surface area contributed by atoms with Gasteiger partial charge in [-0.15, -0.1) is 0 Å². The quantitative estimate of drug-likeness (QED) is 0.587. The van der Waals surface area contributed by atoms with Gasteiger partial charge in [0.2, 0.25) is 11.8 Å². The number of primary amides is 1.